The molecule has 4 rings (SSSR count). The van der Waals surface area contributed by atoms with E-state index in [1.807, 2.05) is 0 Å². The molecule has 7 nitrogen and oxygen atoms in total. The molecule has 0 radical (unpaired) electrons. The molecular formula is C26H23F6N3O4. The zero-order chi connectivity index (χ0) is 28.5. The van der Waals surface area contributed by atoms with Gasteiger partial charge in [0.1, 0.15) is 13.1 Å². The molecule has 1 N–H and O–H groups in total. The second-order valence-electron chi connectivity index (χ2n) is 9.02. The Bertz CT molecular complexity index is 1370. The van der Waals surface area contributed by atoms with Gasteiger partial charge in [0, 0.05) is 29.2 Å². The van der Waals surface area contributed by atoms with Crippen molar-refractivity contribution in [2.24, 2.45) is 0 Å². The van der Waals surface area contributed by atoms with Gasteiger partial charge in [-0.05, 0) is 43.2 Å². The summed E-state index contributed by atoms with van der Waals surface area (Å²) in [5, 5.41) is 0.789. The molecule has 1 fully saturated rings. The number of nitrogens with zero attached hydrogens (tertiary/aromatic N) is 2. The fourth-order valence-corrected chi connectivity index (χ4v) is 4.56. The van der Waals surface area contributed by atoms with E-state index < -0.39 is 66.0 Å². The van der Waals surface area contributed by atoms with Crippen LogP contribution in [0.1, 0.15) is 34.0 Å². The van der Waals surface area contributed by atoms with E-state index in [1.165, 1.54) is 0 Å². The van der Waals surface area contributed by atoms with Crippen LogP contribution in [0.2, 0.25) is 0 Å². The van der Waals surface area contributed by atoms with Crippen molar-refractivity contribution in [3.8, 4) is 0 Å². The number of nitrogens with one attached hydrogen (secondary N) is 1. The van der Waals surface area contributed by atoms with E-state index in [4.69, 9.17) is 4.74 Å². The van der Waals surface area contributed by atoms with Crippen LogP contribution < -0.4 is 0 Å². The summed E-state index contributed by atoms with van der Waals surface area (Å²) in [6, 6.07) is 6.94. The Hall–Kier alpha value is -4.03. The van der Waals surface area contributed by atoms with E-state index in [9.17, 15) is 40.7 Å². The molecule has 3 aromatic rings. The van der Waals surface area contributed by atoms with Crippen LogP contribution in [0, 0.1) is 0 Å². The van der Waals surface area contributed by atoms with E-state index in [2.05, 4.69) is 4.98 Å². The number of ether oxygens (including phenoxy) is 1. The summed E-state index contributed by atoms with van der Waals surface area (Å²) < 4.78 is 85.4. The van der Waals surface area contributed by atoms with Crippen LogP contribution in [0.5, 0.6) is 0 Å². The fourth-order valence-electron chi connectivity index (χ4n) is 4.56. The molecular weight excluding hydrogens is 532 g/mol. The molecule has 2 amide bonds. The minimum absolute atomic E-state index is 0.0668. The first-order valence-electron chi connectivity index (χ1n) is 11.9. The standard InChI is InChI=1S/C26H23F6N3O4/c1-2-39-23(37)14-34-12-19(9-16-11-33-21-6-4-3-5-20(16)21)35(13-22(34)36)24(38)15-7-17(25(27,28)29)10-18(8-15)26(30,31)32/h3-8,10-11,19,33H,2,9,12-14H2,1H3. The number of halogens is 6. The lowest BCUT2D eigenvalue weighted by Crippen LogP contribution is -2.59. The molecule has 0 aliphatic carbocycles. The second-order valence-corrected chi connectivity index (χ2v) is 9.02. The van der Waals surface area contributed by atoms with Crippen molar-refractivity contribution in [2.45, 2.75) is 31.7 Å². The lowest BCUT2D eigenvalue weighted by atomic mass is 9.98. The Morgan fingerprint density at radius 1 is 1.03 bits per heavy atom. The number of fused-ring (bicyclic) bond motifs is 1. The SMILES string of the molecule is CCOC(=O)CN1CC(Cc2c[nH]c3ccccc23)N(C(=O)c2cc(C(F)(F)F)cc(C(F)(F)F)c2)CC1=O. The number of para-hydroxylation sites is 1. The smallest absolute Gasteiger partial charge is 0.416 e. The van der Waals surface area contributed by atoms with Crippen molar-refractivity contribution in [3.05, 3.63) is 70.9 Å². The van der Waals surface area contributed by atoms with E-state index >= 15 is 0 Å². The van der Waals surface area contributed by atoms with E-state index in [0.29, 0.717) is 17.7 Å². The average molecular weight is 555 g/mol. The summed E-state index contributed by atoms with van der Waals surface area (Å²) in [6.45, 7) is 0.402. The summed E-state index contributed by atoms with van der Waals surface area (Å²) in [4.78, 5) is 43.5. The molecule has 0 bridgehead atoms. The van der Waals surface area contributed by atoms with Gasteiger partial charge in [-0.25, -0.2) is 0 Å². The maximum atomic E-state index is 13.5. The van der Waals surface area contributed by atoms with Crippen LogP contribution in [-0.4, -0.2) is 64.9 Å². The first-order chi connectivity index (χ1) is 18.3. The third kappa shape index (κ3) is 6.18. The second kappa shape index (κ2) is 10.6. The van der Waals surface area contributed by atoms with Crippen molar-refractivity contribution in [3.63, 3.8) is 0 Å². The molecule has 0 saturated carbocycles. The number of alkyl halides is 6. The Balaban J connectivity index is 1.72. The van der Waals surface area contributed by atoms with E-state index in [-0.39, 0.29) is 25.6 Å². The third-order valence-electron chi connectivity index (χ3n) is 6.38. The van der Waals surface area contributed by atoms with E-state index in [1.54, 1.807) is 37.4 Å². The van der Waals surface area contributed by atoms with Gasteiger partial charge < -0.3 is 19.5 Å². The lowest BCUT2D eigenvalue weighted by molar-refractivity contribution is -0.151. The summed E-state index contributed by atoms with van der Waals surface area (Å²) in [6.07, 6.45) is -8.51. The molecule has 0 spiro atoms. The first-order valence-corrected chi connectivity index (χ1v) is 11.9. The number of carbonyl (C=O) groups is 3. The van der Waals surface area contributed by atoms with Crippen molar-refractivity contribution >= 4 is 28.7 Å². The normalized spacial score (nSPS) is 16.6. The van der Waals surface area contributed by atoms with Gasteiger partial charge in [0.2, 0.25) is 5.91 Å². The van der Waals surface area contributed by atoms with Gasteiger partial charge in [-0.15, -0.1) is 0 Å². The van der Waals surface area contributed by atoms with Crippen molar-refractivity contribution in [1.82, 2.24) is 14.8 Å². The van der Waals surface area contributed by atoms with Crippen LogP contribution in [0.3, 0.4) is 0 Å². The third-order valence-corrected chi connectivity index (χ3v) is 6.38. The summed E-state index contributed by atoms with van der Waals surface area (Å²) in [5.74, 6) is -2.56. The average Bonchev–Trinajstić information content (AvgIpc) is 3.27. The number of rotatable bonds is 6. The highest BCUT2D eigenvalue weighted by Crippen LogP contribution is 2.37. The fraction of sp³-hybridized carbons (Fsp3) is 0.346. The minimum Gasteiger partial charge on any atom is -0.465 e. The predicted octanol–water partition coefficient (Wildman–Crippen LogP) is 4.66. The Labute approximate surface area is 218 Å². The topological polar surface area (TPSA) is 82.7 Å². The number of H-pyrrole nitrogens is 1. The monoisotopic (exact) mass is 555 g/mol. The molecule has 13 heteroatoms. The van der Waals surface area contributed by atoms with Gasteiger partial charge in [-0.1, -0.05) is 18.2 Å². The molecule has 1 aliphatic heterocycles. The number of aromatic amines is 1. The number of hydrogen-bond acceptors (Lipinski definition) is 4. The molecule has 1 aliphatic rings. The highest BCUT2D eigenvalue weighted by atomic mass is 19.4. The van der Waals surface area contributed by atoms with Gasteiger partial charge in [-0.2, -0.15) is 26.3 Å². The molecule has 39 heavy (non-hydrogen) atoms. The molecule has 1 saturated heterocycles. The minimum atomic E-state index is -5.14. The number of carbonyl (C=O) groups excluding carboxylic acids is 3. The lowest BCUT2D eigenvalue weighted by Gasteiger charge is -2.40. The largest absolute Gasteiger partial charge is 0.465 e. The Morgan fingerprint density at radius 3 is 2.28 bits per heavy atom. The number of esters is 1. The number of benzene rings is 2. The van der Waals surface area contributed by atoms with Crippen LogP contribution >= 0.6 is 0 Å². The van der Waals surface area contributed by atoms with E-state index in [0.717, 1.165) is 20.7 Å². The molecule has 2 aromatic carbocycles. The van der Waals surface area contributed by atoms with Gasteiger partial charge in [0.05, 0.1) is 23.8 Å². The van der Waals surface area contributed by atoms with Gasteiger partial charge in [0.25, 0.3) is 5.91 Å². The Kier molecular flexibility index (Phi) is 7.62. The van der Waals surface area contributed by atoms with Crippen molar-refractivity contribution < 1.29 is 45.5 Å². The highest BCUT2D eigenvalue weighted by molar-refractivity contribution is 5.98. The first kappa shape index (κ1) is 28.0. The summed E-state index contributed by atoms with van der Waals surface area (Å²) in [5.41, 5.74) is -2.65. The number of amides is 2. The maximum absolute atomic E-state index is 13.5. The molecule has 1 aromatic heterocycles. The predicted molar refractivity (Wildman–Crippen MR) is 126 cm³/mol. The Morgan fingerprint density at radius 2 is 1.67 bits per heavy atom. The van der Waals surface area contributed by atoms with Crippen LogP contribution in [-0.2, 0) is 33.1 Å². The van der Waals surface area contributed by atoms with Crippen molar-refractivity contribution in [1.29, 1.82) is 0 Å². The molecule has 1 unspecified atom stereocenters. The number of piperazine rings is 1. The maximum Gasteiger partial charge on any atom is 0.416 e. The van der Waals surface area contributed by atoms with Gasteiger partial charge >= 0.3 is 18.3 Å². The molecule has 1 atom stereocenters. The van der Waals surface area contributed by atoms with Crippen molar-refractivity contribution in [2.75, 3.05) is 26.2 Å². The van der Waals surface area contributed by atoms with Crippen LogP contribution in [0.25, 0.3) is 10.9 Å². The zero-order valence-electron chi connectivity index (χ0n) is 20.5. The molecule has 208 valence electrons. The number of aromatic nitrogens is 1. The van der Waals surface area contributed by atoms with Crippen LogP contribution in [0.4, 0.5) is 26.3 Å². The molecule has 2 heterocycles. The summed E-state index contributed by atoms with van der Waals surface area (Å²) in [7, 11) is 0. The van der Waals surface area contributed by atoms with Crippen LogP contribution in [0.15, 0.2) is 48.7 Å². The number of hydrogen-bond donors (Lipinski definition) is 1. The zero-order valence-corrected chi connectivity index (χ0v) is 20.5. The van der Waals surface area contributed by atoms with Gasteiger partial charge in [-0.3, -0.25) is 14.4 Å². The highest BCUT2D eigenvalue weighted by Gasteiger charge is 2.40. The quantitative estimate of drug-likeness (QED) is 0.354. The summed E-state index contributed by atoms with van der Waals surface area (Å²) >= 11 is 0. The van der Waals surface area contributed by atoms with Gasteiger partial charge in [0.15, 0.2) is 0 Å².